The second-order valence-electron chi connectivity index (χ2n) is 7.43. The summed E-state index contributed by atoms with van der Waals surface area (Å²) in [6, 6.07) is 10.8. The molecule has 8 heteroatoms. The van der Waals surface area contributed by atoms with E-state index in [-0.39, 0.29) is 16.5 Å². The minimum absolute atomic E-state index is 0.0321. The van der Waals surface area contributed by atoms with Crippen molar-refractivity contribution in [3.63, 3.8) is 0 Å². The molecule has 1 heterocycles. The molecule has 2 N–H and O–H groups in total. The molecule has 1 fully saturated rings. The lowest BCUT2D eigenvalue weighted by Gasteiger charge is -2.28. The third-order valence-electron chi connectivity index (χ3n) is 5.20. The zero-order valence-electron chi connectivity index (χ0n) is 16.4. The SMILES string of the molecule is CN1CCC(CCNC(=O)c2ccc(S(=O)(=O)Nc3ccc(F)cc3)cc2)CC1. The van der Waals surface area contributed by atoms with Gasteiger partial charge in [0.1, 0.15) is 5.82 Å². The van der Waals surface area contributed by atoms with Gasteiger partial charge >= 0.3 is 0 Å². The number of nitrogens with zero attached hydrogens (tertiary/aromatic N) is 1. The number of carbonyl (C=O) groups excluding carboxylic acids is 1. The maximum Gasteiger partial charge on any atom is 0.261 e. The van der Waals surface area contributed by atoms with Crippen LogP contribution in [0.3, 0.4) is 0 Å². The number of sulfonamides is 1. The van der Waals surface area contributed by atoms with Crippen LogP contribution in [-0.4, -0.2) is 45.9 Å². The van der Waals surface area contributed by atoms with E-state index < -0.39 is 15.8 Å². The van der Waals surface area contributed by atoms with Crippen molar-refractivity contribution >= 4 is 21.6 Å². The zero-order chi connectivity index (χ0) is 20.9. The van der Waals surface area contributed by atoms with Crippen molar-refractivity contribution in [2.75, 3.05) is 31.4 Å². The molecule has 2 aromatic rings. The lowest BCUT2D eigenvalue weighted by Crippen LogP contribution is -2.32. The number of anilines is 1. The summed E-state index contributed by atoms with van der Waals surface area (Å²) in [6.07, 6.45) is 3.26. The average molecular weight is 420 g/mol. The number of rotatable bonds is 7. The maximum atomic E-state index is 13.0. The Morgan fingerprint density at radius 2 is 1.69 bits per heavy atom. The fourth-order valence-electron chi connectivity index (χ4n) is 3.36. The minimum Gasteiger partial charge on any atom is -0.352 e. The first-order valence-corrected chi connectivity index (χ1v) is 11.2. The van der Waals surface area contributed by atoms with Crippen molar-refractivity contribution < 1.29 is 17.6 Å². The van der Waals surface area contributed by atoms with Gasteiger partial charge in [0.05, 0.1) is 4.90 Å². The van der Waals surface area contributed by atoms with Gasteiger partial charge in [-0.05, 0) is 93.8 Å². The number of hydrogen-bond acceptors (Lipinski definition) is 4. The molecule has 1 saturated heterocycles. The van der Waals surface area contributed by atoms with Crippen molar-refractivity contribution in [2.24, 2.45) is 5.92 Å². The molecule has 1 aliphatic rings. The molecule has 0 spiro atoms. The molecule has 6 nitrogen and oxygen atoms in total. The summed E-state index contributed by atoms with van der Waals surface area (Å²) in [4.78, 5) is 14.6. The molecule has 0 unspecified atom stereocenters. The van der Waals surface area contributed by atoms with E-state index in [1.807, 2.05) is 0 Å². The van der Waals surface area contributed by atoms with Gasteiger partial charge in [-0.3, -0.25) is 9.52 Å². The zero-order valence-corrected chi connectivity index (χ0v) is 17.2. The number of halogens is 1. The third-order valence-corrected chi connectivity index (χ3v) is 6.60. The van der Waals surface area contributed by atoms with Gasteiger partial charge in [-0.2, -0.15) is 0 Å². The molecular formula is C21H26FN3O3S. The van der Waals surface area contributed by atoms with Crippen LogP contribution >= 0.6 is 0 Å². The highest BCUT2D eigenvalue weighted by Crippen LogP contribution is 2.19. The Balaban J connectivity index is 1.53. The van der Waals surface area contributed by atoms with Crippen LogP contribution in [0, 0.1) is 11.7 Å². The summed E-state index contributed by atoms with van der Waals surface area (Å²) in [5.41, 5.74) is 0.677. The summed E-state index contributed by atoms with van der Waals surface area (Å²) in [5, 5.41) is 2.91. The van der Waals surface area contributed by atoms with Gasteiger partial charge in [-0.25, -0.2) is 12.8 Å². The molecule has 3 rings (SSSR count). The van der Waals surface area contributed by atoms with Crippen LogP contribution in [0.2, 0.25) is 0 Å². The monoisotopic (exact) mass is 419 g/mol. The van der Waals surface area contributed by atoms with Gasteiger partial charge < -0.3 is 10.2 Å². The predicted molar refractivity (Wildman–Crippen MR) is 111 cm³/mol. The van der Waals surface area contributed by atoms with E-state index >= 15 is 0 Å². The van der Waals surface area contributed by atoms with Gasteiger partial charge in [-0.15, -0.1) is 0 Å². The fraction of sp³-hybridized carbons (Fsp3) is 0.381. The van der Waals surface area contributed by atoms with Crippen LogP contribution in [0.5, 0.6) is 0 Å². The number of piperidine rings is 1. The normalized spacial score (nSPS) is 15.8. The first-order valence-electron chi connectivity index (χ1n) is 9.69. The number of nitrogens with one attached hydrogen (secondary N) is 2. The quantitative estimate of drug-likeness (QED) is 0.723. The molecule has 0 radical (unpaired) electrons. The van der Waals surface area contributed by atoms with E-state index in [2.05, 4.69) is 22.0 Å². The standard InChI is InChI=1S/C21H26FN3O3S/c1-25-14-11-16(12-15-25)10-13-23-21(26)17-2-8-20(9-3-17)29(27,28)24-19-6-4-18(22)5-7-19/h2-9,16,24H,10-15H2,1H3,(H,23,26). The lowest BCUT2D eigenvalue weighted by atomic mass is 9.94. The van der Waals surface area contributed by atoms with E-state index in [1.165, 1.54) is 48.5 Å². The van der Waals surface area contributed by atoms with E-state index in [1.54, 1.807) is 0 Å². The van der Waals surface area contributed by atoms with Gasteiger partial charge in [0.2, 0.25) is 0 Å². The average Bonchev–Trinajstić information content (AvgIpc) is 2.71. The molecular weight excluding hydrogens is 393 g/mol. The van der Waals surface area contributed by atoms with Gasteiger partial charge in [-0.1, -0.05) is 0 Å². The largest absolute Gasteiger partial charge is 0.352 e. The summed E-state index contributed by atoms with van der Waals surface area (Å²) < 4.78 is 40.2. The minimum atomic E-state index is -3.81. The molecule has 1 amide bonds. The highest BCUT2D eigenvalue weighted by atomic mass is 32.2. The highest BCUT2D eigenvalue weighted by Gasteiger charge is 2.18. The van der Waals surface area contributed by atoms with E-state index in [9.17, 15) is 17.6 Å². The van der Waals surface area contributed by atoms with Crippen molar-refractivity contribution in [1.82, 2.24) is 10.2 Å². The Bertz CT molecular complexity index is 923. The Kier molecular flexibility index (Phi) is 6.87. The molecule has 0 aliphatic carbocycles. The highest BCUT2D eigenvalue weighted by molar-refractivity contribution is 7.92. The number of amides is 1. The number of benzene rings is 2. The molecule has 156 valence electrons. The molecule has 1 aliphatic heterocycles. The second-order valence-corrected chi connectivity index (χ2v) is 9.11. The van der Waals surface area contributed by atoms with Crippen molar-refractivity contribution in [3.8, 4) is 0 Å². The summed E-state index contributed by atoms with van der Waals surface area (Å²) in [6.45, 7) is 2.81. The summed E-state index contributed by atoms with van der Waals surface area (Å²) >= 11 is 0. The second kappa shape index (κ2) is 9.37. The fourth-order valence-corrected chi connectivity index (χ4v) is 4.42. The van der Waals surface area contributed by atoms with Crippen LogP contribution in [0.25, 0.3) is 0 Å². The van der Waals surface area contributed by atoms with Crippen molar-refractivity contribution in [3.05, 3.63) is 59.9 Å². The van der Waals surface area contributed by atoms with Gasteiger partial charge in [0.15, 0.2) is 0 Å². The predicted octanol–water partition coefficient (Wildman–Crippen LogP) is 3.09. The Morgan fingerprint density at radius 3 is 2.31 bits per heavy atom. The smallest absolute Gasteiger partial charge is 0.261 e. The molecule has 0 aromatic heterocycles. The Hall–Kier alpha value is -2.45. The van der Waals surface area contributed by atoms with Crippen molar-refractivity contribution in [1.29, 1.82) is 0 Å². The number of hydrogen-bond donors (Lipinski definition) is 2. The molecule has 2 aromatic carbocycles. The van der Waals surface area contributed by atoms with Crippen LogP contribution < -0.4 is 10.0 Å². The first-order chi connectivity index (χ1) is 13.8. The topological polar surface area (TPSA) is 78.5 Å². The maximum absolute atomic E-state index is 13.0. The van der Waals surface area contributed by atoms with Crippen LogP contribution in [0.1, 0.15) is 29.6 Å². The van der Waals surface area contributed by atoms with E-state index in [0.717, 1.165) is 32.4 Å². The van der Waals surface area contributed by atoms with Gasteiger partial charge in [0.25, 0.3) is 15.9 Å². The van der Waals surface area contributed by atoms with Gasteiger partial charge in [0, 0.05) is 17.8 Å². The Labute approximate surface area is 171 Å². The molecule has 29 heavy (non-hydrogen) atoms. The Morgan fingerprint density at radius 1 is 1.07 bits per heavy atom. The first kappa shape index (κ1) is 21.3. The number of carbonyl (C=O) groups is 1. The number of likely N-dealkylation sites (tertiary alicyclic amines) is 1. The van der Waals surface area contributed by atoms with Crippen LogP contribution in [-0.2, 0) is 10.0 Å². The van der Waals surface area contributed by atoms with E-state index in [0.29, 0.717) is 18.0 Å². The molecule has 0 atom stereocenters. The summed E-state index contributed by atoms with van der Waals surface area (Å²) in [5.74, 6) is -0.0240. The van der Waals surface area contributed by atoms with Crippen LogP contribution in [0.15, 0.2) is 53.4 Å². The molecule has 0 bridgehead atoms. The third kappa shape index (κ3) is 6.01. The van der Waals surface area contributed by atoms with Crippen LogP contribution in [0.4, 0.5) is 10.1 Å². The van der Waals surface area contributed by atoms with Crippen molar-refractivity contribution in [2.45, 2.75) is 24.2 Å². The molecule has 0 saturated carbocycles. The van der Waals surface area contributed by atoms with E-state index in [4.69, 9.17) is 0 Å². The lowest BCUT2D eigenvalue weighted by molar-refractivity contribution is 0.0949. The summed E-state index contributed by atoms with van der Waals surface area (Å²) in [7, 11) is -1.69.